The second-order valence-corrected chi connectivity index (χ2v) is 5.57. The molecular weight excluding hydrogens is 347 g/mol. The minimum absolute atomic E-state index is 0.189. The highest BCUT2D eigenvalue weighted by atomic mass is 19.4. The van der Waals surface area contributed by atoms with Crippen molar-refractivity contribution in [3.8, 4) is 5.75 Å². The van der Waals surface area contributed by atoms with Gasteiger partial charge in [-0.05, 0) is 44.4 Å². The van der Waals surface area contributed by atoms with E-state index in [2.05, 4.69) is 20.4 Å². The van der Waals surface area contributed by atoms with Gasteiger partial charge in [0.2, 0.25) is 0 Å². The second-order valence-electron chi connectivity index (χ2n) is 5.57. The van der Waals surface area contributed by atoms with E-state index >= 15 is 0 Å². The summed E-state index contributed by atoms with van der Waals surface area (Å²) in [4.78, 5) is 4.47. The molecule has 1 aromatic rings. The summed E-state index contributed by atoms with van der Waals surface area (Å²) >= 11 is 0. The second kappa shape index (κ2) is 12.4. The molecule has 0 aliphatic heterocycles. The highest BCUT2D eigenvalue weighted by Crippen LogP contribution is 2.19. The Morgan fingerprint density at radius 1 is 1.08 bits per heavy atom. The zero-order valence-electron chi connectivity index (χ0n) is 15.4. The molecule has 0 radical (unpaired) electrons. The molecule has 0 amide bonds. The van der Waals surface area contributed by atoms with Gasteiger partial charge < -0.3 is 20.1 Å². The lowest BCUT2D eigenvalue weighted by Gasteiger charge is -2.12. The van der Waals surface area contributed by atoms with Gasteiger partial charge in [-0.1, -0.05) is 12.1 Å². The fraction of sp³-hybridized carbons (Fsp3) is 0.611. The Labute approximate surface area is 153 Å². The summed E-state index contributed by atoms with van der Waals surface area (Å²) < 4.78 is 46.4. The summed E-state index contributed by atoms with van der Waals surface area (Å²) in [6.07, 6.45) is -2.37. The molecule has 1 aromatic carbocycles. The van der Waals surface area contributed by atoms with Gasteiger partial charge in [0.1, 0.15) is 5.75 Å². The zero-order chi connectivity index (χ0) is 19.3. The van der Waals surface area contributed by atoms with Crippen molar-refractivity contribution in [3.63, 3.8) is 0 Å². The van der Waals surface area contributed by atoms with Crippen LogP contribution in [-0.2, 0) is 11.3 Å². The first kappa shape index (κ1) is 22.1. The van der Waals surface area contributed by atoms with Gasteiger partial charge in [0.15, 0.2) is 12.6 Å². The average molecular weight is 375 g/mol. The van der Waals surface area contributed by atoms with Crippen LogP contribution in [0.1, 0.15) is 32.3 Å². The monoisotopic (exact) mass is 375 g/mol. The van der Waals surface area contributed by atoms with Crippen LogP contribution in [0.5, 0.6) is 5.75 Å². The van der Waals surface area contributed by atoms with Gasteiger partial charge in [0, 0.05) is 26.3 Å². The smallest absolute Gasteiger partial charge is 0.422 e. The van der Waals surface area contributed by atoms with Gasteiger partial charge in [0.25, 0.3) is 0 Å². The third-order valence-electron chi connectivity index (χ3n) is 3.30. The summed E-state index contributed by atoms with van der Waals surface area (Å²) in [7, 11) is 0. The van der Waals surface area contributed by atoms with E-state index < -0.39 is 12.8 Å². The van der Waals surface area contributed by atoms with Crippen molar-refractivity contribution in [2.45, 2.75) is 39.4 Å². The number of nitrogens with one attached hydrogen (secondary N) is 2. The van der Waals surface area contributed by atoms with Crippen molar-refractivity contribution >= 4 is 5.96 Å². The molecule has 0 aromatic heterocycles. The molecule has 0 unspecified atom stereocenters. The van der Waals surface area contributed by atoms with Crippen LogP contribution in [0.25, 0.3) is 0 Å². The number of guanidine groups is 1. The van der Waals surface area contributed by atoms with Crippen molar-refractivity contribution < 1.29 is 22.6 Å². The number of benzene rings is 1. The molecule has 0 aliphatic carbocycles. The molecular formula is C18H28F3N3O2. The Balaban J connectivity index is 2.42. The maximum absolute atomic E-state index is 12.1. The van der Waals surface area contributed by atoms with Crippen LogP contribution in [-0.4, -0.2) is 45.0 Å². The van der Waals surface area contributed by atoms with E-state index in [1.165, 1.54) is 12.1 Å². The maximum atomic E-state index is 12.1. The number of halogens is 3. The molecule has 2 N–H and O–H groups in total. The highest BCUT2D eigenvalue weighted by Gasteiger charge is 2.28. The van der Waals surface area contributed by atoms with Gasteiger partial charge in [0.05, 0.1) is 6.54 Å². The Morgan fingerprint density at radius 3 is 2.42 bits per heavy atom. The van der Waals surface area contributed by atoms with Crippen LogP contribution in [0, 0.1) is 0 Å². The predicted octanol–water partition coefficient (Wildman–Crippen LogP) is 3.50. The zero-order valence-corrected chi connectivity index (χ0v) is 15.4. The van der Waals surface area contributed by atoms with Crippen LogP contribution >= 0.6 is 0 Å². The van der Waals surface area contributed by atoms with Crippen LogP contribution < -0.4 is 15.4 Å². The van der Waals surface area contributed by atoms with E-state index in [1.54, 1.807) is 12.1 Å². The summed E-state index contributed by atoms with van der Waals surface area (Å²) in [6.45, 7) is 6.13. The minimum Gasteiger partial charge on any atom is -0.484 e. The van der Waals surface area contributed by atoms with Crippen LogP contribution in [0.3, 0.4) is 0 Å². The van der Waals surface area contributed by atoms with Crippen LogP contribution in [0.2, 0.25) is 0 Å². The quantitative estimate of drug-likeness (QED) is 0.353. The SMILES string of the molecule is CCNC(=NCc1ccc(OCC(F)(F)F)cc1)NCCCCOCC. The molecule has 0 fully saturated rings. The molecule has 1 rings (SSSR count). The Kier molecular flexibility index (Phi) is 10.5. The minimum atomic E-state index is -4.34. The summed E-state index contributed by atoms with van der Waals surface area (Å²) in [5.41, 5.74) is 0.887. The van der Waals surface area contributed by atoms with E-state index in [9.17, 15) is 13.2 Å². The maximum Gasteiger partial charge on any atom is 0.422 e. The number of hydrogen-bond acceptors (Lipinski definition) is 3. The Morgan fingerprint density at radius 2 is 1.81 bits per heavy atom. The van der Waals surface area contributed by atoms with Crippen molar-refractivity contribution in [2.75, 3.05) is 32.9 Å². The van der Waals surface area contributed by atoms with Crippen molar-refractivity contribution in [2.24, 2.45) is 4.99 Å². The van der Waals surface area contributed by atoms with E-state index in [4.69, 9.17) is 4.74 Å². The number of ether oxygens (including phenoxy) is 2. The Hall–Kier alpha value is -1.96. The number of rotatable bonds is 11. The van der Waals surface area contributed by atoms with E-state index in [0.717, 1.165) is 44.7 Å². The van der Waals surface area contributed by atoms with Crippen molar-refractivity contribution in [1.29, 1.82) is 0 Å². The third-order valence-corrected chi connectivity index (χ3v) is 3.30. The van der Waals surface area contributed by atoms with Gasteiger partial charge in [-0.15, -0.1) is 0 Å². The van der Waals surface area contributed by atoms with Gasteiger partial charge in [-0.25, -0.2) is 4.99 Å². The van der Waals surface area contributed by atoms with E-state index in [-0.39, 0.29) is 5.75 Å². The molecule has 0 heterocycles. The molecule has 0 atom stereocenters. The van der Waals surface area contributed by atoms with Gasteiger partial charge in [-0.2, -0.15) is 13.2 Å². The summed E-state index contributed by atoms with van der Waals surface area (Å²) in [5, 5.41) is 6.41. The topological polar surface area (TPSA) is 54.9 Å². The Bertz CT molecular complexity index is 519. The molecule has 148 valence electrons. The number of unbranched alkanes of at least 4 members (excludes halogenated alkanes) is 1. The molecule has 0 saturated heterocycles. The third kappa shape index (κ3) is 10.8. The fourth-order valence-corrected chi connectivity index (χ4v) is 2.05. The van der Waals surface area contributed by atoms with Gasteiger partial charge >= 0.3 is 6.18 Å². The van der Waals surface area contributed by atoms with E-state index in [1.807, 2.05) is 13.8 Å². The van der Waals surface area contributed by atoms with Crippen LogP contribution in [0.15, 0.2) is 29.3 Å². The van der Waals surface area contributed by atoms with Crippen molar-refractivity contribution in [1.82, 2.24) is 10.6 Å². The lowest BCUT2D eigenvalue weighted by Crippen LogP contribution is -2.37. The van der Waals surface area contributed by atoms with Crippen LogP contribution in [0.4, 0.5) is 13.2 Å². The van der Waals surface area contributed by atoms with E-state index in [0.29, 0.717) is 12.5 Å². The first-order valence-electron chi connectivity index (χ1n) is 8.83. The number of aliphatic imine (C=N–C) groups is 1. The first-order chi connectivity index (χ1) is 12.4. The van der Waals surface area contributed by atoms with Crippen molar-refractivity contribution in [3.05, 3.63) is 29.8 Å². The molecule has 0 spiro atoms. The molecule has 0 saturated carbocycles. The highest BCUT2D eigenvalue weighted by molar-refractivity contribution is 5.79. The number of nitrogens with zero attached hydrogens (tertiary/aromatic N) is 1. The lowest BCUT2D eigenvalue weighted by atomic mass is 10.2. The summed E-state index contributed by atoms with van der Waals surface area (Å²) in [6, 6.07) is 6.46. The number of hydrogen-bond donors (Lipinski definition) is 2. The standard InChI is InChI=1S/C18H28F3N3O2/c1-3-22-17(23-11-5-6-12-25-4-2)24-13-15-7-9-16(10-8-15)26-14-18(19,20)21/h7-10H,3-6,11-14H2,1-2H3,(H2,22,23,24). The molecule has 26 heavy (non-hydrogen) atoms. The first-order valence-corrected chi connectivity index (χ1v) is 8.83. The largest absolute Gasteiger partial charge is 0.484 e. The molecule has 8 heteroatoms. The predicted molar refractivity (Wildman–Crippen MR) is 96.5 cm³/mol. The number of alkyl halides is 3. The molecule has 0 aliphatic rings. The molecule has 5 nitrogen and oxygen atoms in total. The molecule has 0 bridgehead atoms. The lowest BCUT2D eigenvalue weighted by molar-refractivity contribution is -0.153. The fourth-order valence-electron chi connectivity index (χ4n) is 2.05. The van der Waals surface area contributed by atoms with Gasteiger partial charge in [-0.3, -0.25) is 0 Å². The summed E-state index contributed by atoms with van der Waals surface area (Å²) in [5.74, 6) is 0.899. The average Bonchev–Trinajstić information content (AvgIpc) is 2.61. The normalized spacial score (nSPS) is 12.1.